The van der Waals surface area contributed by atoms with E-state index in [0.717, 1.165) is 23.1 Å². The number of aromatic nitrogens is 1. The summed E-state index contributed by atoms with van der Waals surface area (Å²) in [6, 6.07) is 15.9. The standard InChI is InChI=1S/C23H22N4O5/c28-14-13-27(23(31)19-5-1-3-17-4-2-12-24-22(17)19)15-16-6-8-18(9-7-16)25-20(29)10-11-21(30)26-32/h1-12,28,32H,13-15H2,(H,25,29)(H,26,30)/b11-10+. The van der Waals surface area contributed by atoms with Gasteiger partial charge in [0.25, 0.3) is 11.8 Å². The second kappa shape index (κ2) is 10.8. The Bertz CT molecular complexity index is 1140. The number of hydroxylamine groups is 1. The minimum atomic E-state index is -0.814. The van der Waals surface area contributed by atoms with Crippen molar-refractivity contribution in [1.82, 2.24) is 15.4 Å². The summed E-state index contributed by atoms with van der Waals surface area (Å²) in [5, 5.41) is 21.3. The molecule has 4 N–H and O–H groups in total. The zero-order valence-corrected chi connectivity index (χ0v) is 17.1. The Hall–Kier alpha value is -4.08. The monoisotopic (exact) mass is 434 g/mol. The number of hydrogen-bond acceptors (Lipinski definition) is 6. The number of fused-ring (bicyclic) bond motifs is 1. The van der Waals surface area contributed by atoms with Crippen LogP contribution in [0.15, 0.2) is 72.9 Å². The molecule has 0 fully saturated rings. The number of anilines is 1. The zero-order chi connectivity index (χ0) is 22.9. The van der Waals surface area contributed by atoms with Crippen LogP contribution < -0.4 is 10.8 Å². The lowest BCUT2D eigenvalue weighted by Gasteiger charge is -2.22. The number of amides is 3. The van der Waals surface area contributed by atoms with Gasteiger partial charge < -0.3 is 15.3 Å². The fourth-order valence-corrected chi connectivity index (χ4v) is 3.11. The Kier molecular flexibility index (Phi) is 7.63. The Labute approximate surface area is 184 Å². The molecule has 0 saturated heterocycles. The first kappa shape index (κ1) is 22.6. The van der Waals surface area contributed by atoms with E-state index < -0.39 is 11.8 Å². The molecule has 0 bridgehead atoms. The summed E-state index contributed by atoms with van der Waals surface area (Å²) < 4.78 is 0. The molecule has 0 spiro atoms. The minimum Gasteiger partial charge on any atom is -0.395 e. The van der Waals surface area contributed by atoms with Gasteiger partial charge in [-0.2, -0.15) is 0 Å². The minimum absolute atomic E-state index is 0.151. The van der Waals surface area contributed by atoms with Gasteiger partial charge in [0.2, 0.25) is 5.91 Å². The highest BCUT2D eigenvalue weighted by Crippen LogP contribution is 2.19. The van der Waals surface area contributed by atoms with Crippen LogP contribution >= 0.6 is 0 Å². The fourth-order valence-electron chi connectivity index (χ4n) is 3.11. The largest absolute Gasteiger partial charge is 0.395 e. The van der Waals surface area contributed by atoms with E-state index in [4.69, 9.17) is 5.21 Å². The highest BCUT2D eigenvalue weighted by atomic mass is 16.5. The van der Waals surface area contributed by atoms with Crippen molar-refractivity contribution >= 4 is 34.3 Å². The summed E-state index contributed by atoms with van der Waals surface area (Å²) in [7, 11) is 0. The second-order valence-electron chi connectivity index (χ2n) is 6.83. The highest BCUT2D eigenvalue weighted by Gasteiger charge is 2.18. The lowest BCUT2D eigenvalue weighted by molar-refractivity contribution is -0.124. The van der Waals surface area contributed by atoms with Crippen molar-refractivity contribution in [3.05, 3.63) is 84.1 Å². The Morgan fingerprint density at radius 2 is 1.69 bits per heavy atom. The van der Waals surface area contributed by atoms with Gasteiger partial charge in [0.05, 0.1) is 17.7 Å². The predicted molar refractivity (Wildman–Crippen MR) is 118 cm³/mol. The molecule has 0 aliphatic heterocycles. The van der Waals surface area contributed by atoms with Crippen molar-refractivity contribution in [3.8, 4) is 0 Å². The average molecular weight is 434 g/mol. The number of nitrogens with zero attached hydrogens (tertiary/aromatic N) is 2. The van der Waals surface area contributed by atoms with Crippen molar-refractivity contribution in [2.75, 3.05) is 18.5 Å². The van der Waals surface area contributed by atoms with E-state index in [1.165, 1.54) is 10.4 Å². The number of carbonyl (C=O) groups is 3. The molecule has 1 aromatic heterocycles. The van der Waals surface area contributed by atoms with Crippen molar-refractivity contribution in [3.63, 3.8) is 0 Å². The van der Waals surface area contributed by atoms with Gasteiger partial charge in [-0.05, 0) is 29.8 Å². The van der Waals surface area contributed by atoms with Gasteiger partial charge in [-0.25, -0.2) is 5.48 Å². The lowest BCUT2D eigenvalue weighted by atomic mass is 10.1. The molecule has 1 heterocycles. The number of aliphatic hydroxyl groups is 1. The van der Waals surface area contributed by atoms with Crippen LogP contribution in [-0.2, 0) is 16.1 Å². The van der Waals surface area contributed by atoms with E-state index in [9.17, 15) is 19.5 Å². The molecule has 164 valence electrons. The van der Waals surface area contributed by atoms with Gasteiger partial charge in [0.1, 0.15) is 0 Å². The van der Waals surface area contributed by atoms with Crippen LogP contribution in [0.25, 0.3) is 10.9 Å². The molecule has 0 saturated carbocycles. The molecule has 32 heavy (non-hydrogen) atoms. The van der Waals surface area contributed by atoms with Crippen LogP contribution in [0.5, 0.6) is 0 Å². The molecular formula is C23H22N4O5. The van der Waals surface area contributed by atoms with Crippen LogP contribution in [0.2, 0.25) is 0 Å². The lowest BCUT2D eigenvalue weighted by Crippen LogP contribution is -2.33. The molecule has 3 aromatic rings. The number of carbonyl (C=O) groups excluding carboxylic acids is 3. The van der Waals surface area contributed by atoms with E-state index in [2.05, 4.69) is 10.3 Å². The number of aliphatic hydroxyl groups excluding tert-OH is 1. The van der Waals surface area contributed by atoms with Crippen LogP contribution in [0.4, 0.5) is 5.69 Å². The maximum Gasteiger partial charge on any atom is 0.267 e. The molecule has 3 amide bonds. The molecule has 0 aliphatic carbocycles. The molecule has 9 nitrogen and oxygen atoms in total. The van der Waals surface area contributed by atoms with Gasteiger partial charge in [0.15, 0.2) is 0 Å². The third kappa shape index (κ3) is 5.75. The number of benzene rings is 2. The third-order valence-electron chi connectivity index (χ3n) is 4.61. The van der Waals surface area contributed by atoms with Crippen molar-refractivity contribution in [2.24, 2.45) is 0 Å². The summed E-state index contributed by atoms with van der Waals surface area (Å²) in [4.78, 5) is 41.7. The summed E-state index contributed by atoms with van der Waals surface area (Å²) in [5.74, 6) is -1.60. The smallest absolute Gasteiger partial charge is 0.267 e. The van der Waals surface area contributed by atoms with E-state index in [0.29, 0.717) is 16.8 Å². The fraction of sp³-hybridized carbons (Fsp3) is 0.130. The molecule has 0 radical (unpaired) electrons. The van der Waals surface area contributed by atoms with E-state index in [1.54, 1.807) is 48.7 Å². The Morgan fingerprint density at radius 1 is 0.969 bits per heavy atom. The summed E-state index contributed by atoms with van der Waals surface area (Å²) >= 11 is 0. The molecule has 0 atom stereocenters. The van der Waals surface area contributed by atoms with E-state index in [1.807, 2.05) is 12.1 Å². The Balaban J connectivity index is 1.72. The van der Waals surface area contributed by atoms with Crippen molar-refractivity contribution < 1.29 is 24.7 Å². The molecule has 2 aromatic carbocycles. The molecule has 9 heteroatoms. The van der Waals surface area contributed by atoms with E-state index >= 15 is 0 Å². The van der Waals surface area contributed by atoms with Crippen LogP contribution in [-0.4, -0.2) is 51.1 Å². The summed E-state index contributed by atoms with van der Waals surface area (Å²) in [6.07, 6.45) is 3.51. The maximum absolute atomic E-state index is 13.2. The molecule has 0 aliphatic rings. The quantitative estimate of drug-likeness (QED) is 0.243. The first-order chi connectivity index (χ1) is 15.5. The first-order valence-corrected chi connectivity index (χ1v) is 9.78. The van der Waals surface area contributed by atoms with Crippen LogP contribution in [0, 0.1) is 0 Å². The number of rotatable bonds is 8. The maximum atomic E-state index is 13.2. The molecule has 0 unspecified atom stereocenters. The van der Waals surface area contributed by atoms with Crippen LogP contribution in [0.3, 0.4) is 0 Å². The zero-order valence-electron chi connectivity index (χ0n) is 17.1. The number of hydrogen-bond donors (Lipinski definition) is 4. The van der Waals surface area contributed by atoms with E-state index in [-0.39, 0.29) is 25.6 Å². The van der Waals surface area contributed by atoms with Gasteiger partial charge in [-0.15, -0.1) is 0 Å². The average Bonchev–Trinajstić information content (AvgIpc) is 2.82. The first-order valence-electron chi connectivity index (χ1n) is 9.78. The van der Waals surface area contributed by atoms with Gasteiger partial charge in [-0.3, -0.25) is 24.6 Å². The number of nitrogens with one attached hydrogen (secondary N) is 2. The normalized spacial score (nSPS) is 10.8. The highest BCUT2D eigenvalue weighted by molar-refractivity contribution is 6.05. The number of para-hydroxylation sites is 1. The number of pyridine rings is 1. The summed E-state index contributed by atoms with van der Waals surface area (Å²) in [6.45, 7) is 0.220. The predicted octanol–water partition coefficient (Wildman–Crippen LogP) is 1.87. The molecular weight excluding hydrogens is 412 g/mol. The second-order valence-corrected chi connectivity index (χ2v) is 6.83. The van der Waals surface area contributed by atoms with Crippen molar-refractivity contribution in [2.45, 2.75) is 6.54 Å². The van der Waals surface area contributed by atoms with Gasteiger partial charge in [-0.1, -0.05) is 30.3 Å². The van der Waals surface area contributed by atoms with Crippen LogP contribution in [0.1, 0.15) is 15.9 Å². The SMILES string of the molecule is O=C(/C=C/C(=O)Nc1ccc(CN(CCO)C(=O)c2cccc3cccnc23)cc1)NO. The molecule has 3 rings (SSSR count). The summed E-state index contributed by atoms with van der Waals surface area (Å²) in [5.41, 5.74) is 3.74. The Morgan fingerprint density at radius 3 is 2.41 bits per heavy atom. The third-order valence-corrected chi connectivity index (χ3v) is 4.61. The van der Waals surface area contributed by atoms with Gasteiger partial charge >= 0.3 is 0 Å². The van der Waals surface area contributed by atoms with Crippen molar-refractivity contribution in [1.29, 1.82) is 0 Å². The van der Waals surface area contributed by atoms with Gasteiger partial charge in [0, 0.05) is 42.5 Å². The topological polar surface area (TPSA) is 132 Å².